The normalized spacial score (nSPS) is 18.7. The van der Waals surface area contributed by atoms with E-state index in [9.17, 15) is 4.79 Å². The third-order valence-electron chi connectivity index (χ3n) is 2.90. The Kier molecular flexibility index (Phi) is 4.15. The van der Waals surface area contributed by atoms with Crippen molar-refractivity contribution in [2.24, 2.45) is 0 Å². The smallest absolute Gasteiger partial charge is 0.319 e. The molecule has 94 valence electrons. The number of piperidine rings is 1. The van der Waals surface area contributed by atoms with Gasteiger partial charge in [0, 0.05) is 18.3 Å². The van der Waals surface area contributed by atoms with Crippen LogP contribution in [0.15, 0.2) is 24.3 Å². The Labute approximate surface area is 106 Å². The molecule has 5 nitrogen and oxygen atoms in total. The first-order valence-corrected chi connectivity index (χ1v) is 6.06. The van der Waals surface area contributed by atoms with Crippen molar-refractivity contribution in [1.29, 1.82) is 5.26 Å². The second kappa shape index (κ2) is 6.03. The molecular weight excluding hydrogens is 228 g/mol. The number of amides is 2. The summed E-state index contributed by atoms with van der Waals surface area (Å²) in [7, 11) is 0. The standard InChI is InChI=1S/C13H16N4O/c14-8-10-3-5-11(6-4-10)16-13(18)17-12-2-1-7-15-9-12/h3-6,12,15H,1-2,7,9H2,(H2,16,17,18). The minimum absolute atomic E-state index is 0.192. The lowest BCUT2D eigenvalue weighted by molar-refractivity contribution is 0.245. The summed E-state index contributed by atoms with van der Waals surface area (Å²) in [5.41, 5.74) is 1.27. The Hall–Kier alpha value is -2.06. The predicted molar refractivity (Wildman–Crippen MR) is 69.2 cm³/mol. The summed E-state index contributed by atoms with van der Waals surface area (Å²) in [4.78, 5) is 11.7. The van der Waals surface area contributed by atoms with Crippen LogP contribution in [-0.2, 0) is 0 Å². The summed E-state index contributed by atoms with van der Waals surface area (Å²) in [6.07, 6.45) is 2.09. The average molecular weight is 244 g/mol. The van der Waals surface area contributed by atoms with E-state index in [0.717, 1.165) is 25.9 Å². The quantitative estimate of drug-likeness (QED) is 0.736. The van der Waals surface area contributed by atoms with Gasteiger partial charge in [0.1, 0.15) is 0 Å². The highest BCUT2D eigenvalue weighted by Gasteiger charge is 2.14. The zero-order valence-corrected chi connectivity index (χ0v) is 10.1. The maximum atomic E-state index is 11.7. The second-order valence-corrected chi connectivity index (χ2v) is 4.33. The van der Waals surface area contributed by atoms with Crippen LogP contribution in [0.1, 0.15) is 18.4 Å². The Morgan fingerprint density at radius 2 is 2.17 bits per heavy atom. The fourth-order valence-electron chi connectivity index (χ4n) is 1.96. The largest absolute Gasteiger partial charge is 0.334 e. The first-order chi connectivity index (χ1) is 8.78. The van der Waals surface area contributed by atoms with E-state index in [2.05, 4.69) is 16.0 Å². The molecule has 18 heavy (non-hydrogen) atoms. The number of rotatable bonds is 2. The number of hydrogen-bond donors (Lipinski definition) is 3. The van der Waals surface area contributed by atoms with Crippen molar-refractivity contribution in [1.82, 2.24) is 10.6 Å². The Morgan fingerprint density at radius 3 is 2.78 bits per heavy atom. The number of benzene rings is 1. The van der Waals surface area contributed by atoms with E-state index in [1.54, 1.807) is 24.3 Å². The van der Waals surface area contributed by atoms with Crippen LogP contribution in [0.5, 0.6) is 0 Å². The summed E-state index contributed by atoms with van der Waals surface area (Å²) >= 11 is 0. The topological polar surface area (TPSA) is 77.0 Å². The molecule has 2 rings (SSSR count). The van der Waals surface area contributed by atoms with Crippen molar-refractivity contribution in [2.75, 3.05) is 18.4 Å². The van der Waals surface area contributed by atoms with Gasteiger partial charge in [-0.25, -0.2) is 4.79 Å². The number of nitrogens with one attached hydrogen (secondary N) is 3. The fraction of sp³-hybridized carbons (Fsp3) is 0.385. The number of anilines is 1. The molecule has 3 N–H and O–H groups in total. The van der Waals surface area contributed by atoms with Gasteiger partial charge >= 0.3 is 6.03 Å². The minimum atomic E-state index is -0.201. The van der Waals surface area contributed by atoms with Gasteiger partial charge in [0.2, 0.25) is 0 Å². The maximum absolute atomic E-state index is 11.7. The molecule has 1 unspecified atom stereocenters. The van der Waals surface area contributed by atoms with Gasteiger partial charge in [-0.1, -0.05) is 0 Å². The van der Waals surface area contributed by atoms with Crippen LogP contribution in [-0.4, -0.2) is 25.2 Å². The summed E-state index contributed by atoms with van der Waals surface area (Å²) in [6.45, 7) is 1.84. The van der Waals surface area contributed by atoms with E-state index in [-0.39, 0.29) is 12.1 Å². The number of hydrogen-bond acceptors (Lipinski definition) is 3. The monoisotopic (exact) mass is 244 g/mol. The number of carbonyl (C=O) groups is 1. The third-order valence-corrected chi connectivity index (χ3v) is 2.90. The highest BCUT2D eigenvalue weighted by atomic mass is 16.2. The van der Waals surface area contributed by atoms with Gasteiger partial charge in [0.15, 0.2) is 0 Å². The third kappa shape index (κ3) is 3.47. The van der Waals surface area contributed by atoms with Crippen molar-refractivity contribution in [3.05, 3.63) is 29.8 Å². The Bertz CT molecular complexity index is 443. The van der Waals surface area contributed by atoms with E-state index in [1.807, 2.05) is 6.07 Å². The molecule has 0 radical (unpaired) electrons. The Morgan fingerprint density at radius 1 is 1.39 bits per heavy atom. The van der Waals surface area contributed by atoms with Crippen LogP contribution in [0.2, 0.25) is 0 Å². The lowest BCUT2D eigenvalue weighted by atomic mass is 10.1. The highest BCUT2D eigenvalue weighted by molar-refractivity contribution is 5.89. The zero-order chi connectivity index (χ0) is 12.8. The van der Waals surface area contributed by atoms with Gasteiger partial charge in [-0.3, -0.25) is 0 Å². The van der Waals surface area contributed by atoms with Crippen molar-refractivity contribution in [3.63, 3.8) is 0 Å². The molecule has 0 spiro atoms. The van der Waals surface area contributed by atoms with Crippen molar-refractivity contribution in [3.8, 4) is 6.07 Å². The van der Waals surface area contributed by atoms with Gasteiger partial charge in [-0.15, -0.1) is 0 Å². The summed E-state index contributed by atoms with van der Waals surface area (Å²) < 4.78 is 0. The minimum Gasteiger partial charge on any atom is -0.334 e. The van der Waals surface area contributed by atoms with Crippen LogP contribution in [0, 0.1) is 11.3 Å². The Balaban J connectivity index is 1.84. The van der Waals surface area contributed by atoms with Gasteiger partial charge in [0.05, 0.1) is 11.6 Å². The zero-order valence-electron chi connectivity index (χ0n) is 10.1. The molecule has 0 saturated carbocycles. The molecule has 1 aliphatic heterocycles. The average Bonchev–Trinajstić information content (AvgIpc) is 2.40. The molecule has 2 amide bonds. The first-order valence-electron chi connectivity index (χ1n) is 6.06. The molecule has 1 saturated heterocycles. The van der Waals surface area contributed by atoms with Gasteiger partial charge in [-0.2, -0.15) is 5.26 Å². The highest BCUT2D eigenvalue weighted by Crippen LogP contribution is 2.09. The van der Waals surface area contributed by atoms with Crippen molar-refractivity contribution < 1.29 is 4.79 Å². The van der Waals surface area contributed by atoms with Gasteiger partial charge in [0.25, 0.3) is 0 Å². The predicted octanol–water partition coefficient (Wildman–Crippen LogP) is 1.43. The van der Waals surface area contributed by atoms with E-state index < -0.39 is 0 Å². The van der Waals surface area contributed by atoms with Gasteiger partial charge in [-0.05, 0) is 43.7 Å². The van der Waals surface area contributed by atoms with Crippen molar-refractivity contribution in [2.45, 2.75) is 18.9 Å². The molecule has 1 heterocycles. The number of nitrogens with zero attached hydrogens (tertiary/aromatic N) is 1. The van der Waals surface area contributed by atoms with Crippen LogP contribution >= 0.6 is 0 Å². The summed E-state index contributed by atoms with van der Waals surface area (Å²) in [5.74, 6) is 0. The summed E-state index contributed by atoms with van der Waals surface area (Å²) in [6, 6.07) is 8.82. The molecule has 0 aliphatic carbocycles. The van der Waals surface area contributed by atoms with E-state index in [4.69, 9.17) is 5.26 Å². The van der Waals surface area contributed by atoms with Crippen LogP contribution in [0.3, 0.4) is 0 Å². The fourth-order valence-corrected chi connectivity index (χ4v) is 1.96. The van der Waals surface area contributed by atoms with E-state index in [0.29, 0.717) is 11.3 Å². The first kappa shape index (κ1) is 12.4. The van der Waals surface area contributed by atoms with E-state index in [1.165, 1.54) is 0 Å². The van der Waals surface area contributed by atoms with Crippen LogP contribution in [0.25, 0.3) is 0 Å². The number of urea groups is 1. The maximum Gasteiger partial charge on any atom is 0.319 e. The molecule has 0 aromatic heterocycles. The molecule has 1 atom stereocenters. The molecule has 1 fully saturated rings. The molecule has 5 heteroatoms. The van der Waals surface area contributed by atoms with Gasteiger partial charge < -0.3 is 16.0 Å². The molecule has 1 aliphatic rings. The molecule has 1 aromatic rings. The molecule has 0 bridgehead atoms. The van der Waals surface area contributed by atoms with Crippen LogP contribution < -0.4 is 16.0 Å². The summed E-state index contributed by atoms with van der Waals surface area (Å²) in [5, 5.41) is 17.6. The lowest BCUT2D eigenvalue weighted by Gasteiger charge is -2.23. The lowest BCUT2D eigenvalue weighted by Crippen LogP contribution is -2.47. The van der Waals surface area contributed by atoms with Crippen molar-refractivity contribution >= 4 is 11.7 Å². The van der Waals surface area contributed by atoms with Crippen LogP contribution in [0.4, 0.5) is 10.5 Å². The molecular formula is C13H16N4O. The second-order valence-electron chi connectivity index (χ2n) is 4.33. The SMILES string of the molecule is N#Cc1ccc(NC(=O)NC2CCCNC2)cc1. The number of nitriles is 1. The number of carbonyl (C=O) groups excluding carboxylic acids is 1. The molecule has 1 aromatic carbocycles. The van der Waals surface area contributed by atoms with E-state index >= 15 is 0 Å².